The number of ether oxygens (including phenoxy) is 1. The SMILES string of the molecule is COc1ccc(-c2cccc(NC(=O)c3cccc(C#N)c3)c2)cc1CN1CCCC1.O=C(O)C(F)(F)F. The summed E-state index contributed by atoms with van der Waals surface area (Å²) in [4.78, 5) is 24.0. The summed E-state index contributed by atoms with van der Waals surface area (Å²) in [7, 11) is 1.71. The third-order valence-electron chi connectivity index (χ3n) is 5.82. The minimum atomic E-state index is -5.08. The summed E-state index contributed by atoms with van der Waals surface area (Å²) in [6.45, 7) is 3.13. The minimum Gasteiger partial charge on any atom is -0.496 e. The molecule has 4 rings (SSSR count). The fraction of sp³-hybridized carbons (Fsp3) is 0.250. The molecule has 10 heteroatoms. The molecule has 0 radical (unpaired) electrons. The van der Waals surface area contributed by atoms with Gasteiger partial charge >= 0.3 is 12.1 Å². The number of hydrogen-bond donors (Lipinski definition) is 2. The summed E-state index contributed by atoms with van der Waals surface area (Å²) >= 11 is 0. The van der Waals surface area contributed by atoms with Crippen LogP contribution in [0.2, 0.25) is 0 Å². The van der Waals surface area contributed by atoms with Crippen molar-refractivity contribution < 1.29 is 32.6 Å². The van der Waals surface area contributed by atoms with Gasteiger partial charge in [0.05, 0.1) is 18.7 Å². The van der Waals surface area contributed by atoms with Crippen LogP contribution in [0.15, 0.2) is 66.7 Å². The molecular formula is C28H26F3N3O4. The highest BCUT2D eigenvalue weighted by Gasteiger charge is 2.38. The molecule has 198 valence electrons. The van der Waals surface area contributed by atoms with Crippen molar-refractivity contribution in [3.05, 3.63) is 83.4 Å². The standard InChI is InChI=1S/C26H25N3O2.C2HF3O2/c1-31-25-11-10-21(15-23(25)18-29-12-2-3-13-29)20-7-5-9-24(16-20)28-26(30)22-8-4-6-19(14-22)17-27;3-2(4,5)1(6)7/h4-11,14-16H,2-3,12-13,18H2,1H3,(H,28,30);(H,6,7). The number of aliphatic carboxylic acids is 1. The Morgan fingerprint density at radius 1 is 1.03 bits per heavy atom. The van der Waals surface area contributed by atoms with E-state index in [1.807, 2.05) is 36.4 Å². The third-order valence-corrected chi connectivity index (χ3v) is 5.82. The zero-order valence-corrected chi connectivity index (χ0v) is 20.6. The Balaban J connectivity index is 0.000000505. The highest BCUT2D eigenvalue weighted by atomic mass is 19.4. The van der Waals surface area contributed by atoms with Gasteiger partial charge in [0.1, 0.15) is 5.75 Å². The number of nitriles is 1. The summed E-state index contributed by atoms with van der Waals surface area (Å²) in [5.74, 6) is -2.09. The molecule has 7 nitrogen and oxygen atoms in total. The average molecular weight is 526 g/mol. The number of carbonyl (C=O) groups excluding carboxylic acids is 1. The molecule has 1 amide bonds. The number of likely N-dealkylation sites (tertiary alicyclic amines) is 1. The zero-order valence-electron chi connectivity index (χ0n) is 20.6. The summed E-state index contributed by atoms with van der Waals surface area (Å²) < 4.78 is 37.3. The van der Waals surface area contributed by atoms with Gasteiger partial charge in [-0.2, -0.15) is 18.4 Å². The molecule has 0 aliphatic carbocycles. The molecule has 0 aromatic heterocycles. The van der Waals surface area contributed by atoms with Gasteiger partial charge in [0.25, 0.3) is 5.91 Å². The largest absolute Gasteiger partial charge is 0.496 e. The first kappa shape index (κ1) is 28.2. The van der Waals surface area contributed by atoms with Crippen LogP contribution in [-0.4, -0.2) is 48.3 Å². The number of halogens is 3. The van der Waals surface area contributed by atoms with Gasteiger partial charge in [-0.15, -0.1) is 0 Å². The molecule has 0 saturated carbocycles. The summed E-state index contributed by atoms with van der Waals surface area (Å²) in [6.07, 6.45) is -2.58. The molecular weight excluding hydrogens is 499 g/mol. The Kier molecular flexibility index (Phi) is 9.46. The van der Waals surface area contributed by atoms with Gasteiger partial charge in [-0.1, -0.05) is 24.3 Å². The van der Waals surface area contributed by atoms with Crippen molar-refractivity contribution in [1.29, 1.82) is 5.26 Å². The maximum absolute atomic E-state index is 12.6. The first-order valence-corrected chi connectivity index (χ1v) is 11.7. The van der Waals surface area contributed by atoms with Crippen LogP contribution >= 0.6 is 0 Å². The highest BCUT2D eigenvalue weighted by molar-refractivity contribution is 6.04. The first-order valence-electron chi connectivity index (χ1n) is 11.7. The molecule has 3 aromatic rings. The molecule has 1 saturated heterocycles. The van der Waals surface area contributed by atoms with Crippen molar-refractivity contribution >= 4 is 17.6 Å². The number of hydrogen-bond acceptors (Lipinski definition) is 5. The molecule has 2 N–H and O–H groups in total. The van der Waals surface area contributed by atoms with Crippen molar-refractivity contribution in [2.45, 2.75) is 25.6 Å². The van der Waals surface area contributed by atoms with E-state index in [-0.39, 0.29) is 5.91 Å². The Labute approximate surface area is 218 Å². The van der Waals surface area contributed by atoms with Crippen molar-refractivity contribution in [3.63, 3.8) is 0 Å². The van der Waals surface area contributed by atoms with Gasteiger partial charge in [-0.25, -0.2) is 4.79 Å². The van der Waals surface area contributed by atoms with Gasteiger partial charge in [0, 0.05) is 23.4 Å². The zero-order chi connectivity index (χ0) is 27.7. The Bertz CT molecular complexity index is 1330. The lowest BCUT2D eigenvalue weighted by atomic mass is 10.0. The number of methoxy groups -OCH3 is 1. The van der Waals surface area contributed by atoms with Crippen LogP contribution in [0.25, 0.3) is 11.1 Å². The fourth-order valence-electron chi connectivity index (χ4n) is 3.97. The van der Waals surface area contributed by atoms with Gasteiger partial charge in [-0.3, -0.25) is 9.69 Å². The summed E-state index contributed by atoms with van der Waals surface area (Å²) in [5.41, 5.74) is 4.91. The molecule has 3 aromatic carbocycles. The maximum Gasteiger partial charge on any atom is 0.490 e. The predicted molar refractivity (Wildman–Crippen MR) is 136 cm³/mol. The lowest BCUT2D eigenvalue weighted by Gasteiger charge is -2.18. The number of nitrogens with zero attached hydrogens (tertiary/aromatic N) is 2. The molecule has 1 fully saturated rings. The number of carboxylic acid groups (broad SMARTS) is 1. The van der Waals surface area contributed by atoms with Gasteiger partial charge in [0.2, 0.25) is 0 Å². The molecule has 0 unspecified atom stereocenters. The van der Waals surface area contributed by atoms with Crippen molar-refractivity contribution in [2.24, 2.45) is 0 Å². The quantitative estimate of drug-likeness (QED) is 0.427. The van der Waals surface area contributed by atoms with E-state index in [0.717, 1.165) is 36.5 Å². The first-order chi connectivity index (χ1) is 18.1. The molecule has 38 heavy (non-hydrogen) atoms. The second-order valence-corrected chi connectivity index (χ2v) is 8.54. The second-order valence-electron chi connectivity index (χ2n) is 8.54. The molecule has 1 heterocycles. The average Bonchev–Trinajstić information content (AvgIpc) is 3.42. The topological polar surface area (TPSA) is 103 Å². The van der Waals surface area contributed by atoms with E-state index in [1.165, 1.54) is 18.4 Å². The van der Waals surface area contributed by atoms with Gasteiger partial charge in [0.15, 0.2) is 0 Å². The van der Waals surface area contributed by atoms with Crippen LogP contribution < -0.4 is 10.1 Å². The van der Waals surface area contributed by atoms with Crippen molar-refractivity contribution in [3.8, 4) is 22.9 Å². The van der Waals surface area contributed by atoms with Crippen molar-refractivity contribution in [2.75, 3.05) is 25.5 Å². The fourth-order valence-corrected chi connectivity index (χ4v) is 3.97. The van der Waals surface area contributed by atoms with Crippen LogP contribution in [0, 0.1) is 11.3 Å². The van der Waals surface area contributed by atoms with Crippen LogP contribution in [0.3, 0.4) is 0 Å². The number of nitrogens with one attached hydrogen (secondary N) is 1. The number of carboxylic acids is 1. The van der Waals surface area contributed by atoms with E-state index in [2.05, 4.69) is 22.4 Å². The monoisotopic (exact) mass is 525 g/mol. The highest BCUT2D eigenvalue weighted by Crippen LogP contribution is 2.30. The van der Waals surface area contributed by atoms with E-state index in [4.69, 9.17) is 19.9 Å². The van der Waals surface area contributed by atoms with Gasteiger partial charge in [-0.05, 0) is 79.5 Å². The van der Waals surface area contributed by atoms with E-state index in [1.54, 1.807) is 31.4 Å². The van der Waals surface area contributed by atoms with Crippen LogP contribution in [0.5, 0.6) is 5.75 Å². The molecule has 1 aliphatic rings. The van der Waals surface area contributed by atoms with E-state index >= 15 is 0 Å². The Morgan fingerprint density at radius 3 is 2.32 bits per heavy atom. The lowest BCUT2D eigenvalue weighted by Crippen LogP contribution is -2.21. The number of anilines is 1. The smallest absolute Gasteiger partial charge is 0.490 e. The van der Waals surface area contributed by atoms with E-state index in [0.29, 0.717) is 16.8 Å². The number of rotatable bonds is 6. The Hall–Kier alpha value is -4.36. The maximum atomic E-state index is 12.6. The van der Waals surface area contributed by atoms with Gasteiger partial charge < -0.3 is 15.2 Å². The minimum absolute atomic E-state index is 0.237. The molecule has 0 spiro atoms. The van der Waals surface area contributed by atoms with Crippen LogP contribution in [0.4, 0.5) is 18.9 Å². The number of benzene rings is 3. The molecule has 0 atom stereocenters. The van der Waals surface area contributed by atoms with Crippen LogP contribution in [-0.2, 0) is 11.3 Å². The number of amides is 1. The van der Waals surface area contributed by atoms with E-state index < -0.39 is 12.1 Å². The molecule has 1 aliphatic heterocycles. The van der Waals surface area contributed by atoms with Crippen molar-refractivity contribution in [1.82, 2.24) is 4.90 Å². The van der Waals surface area contributed by atoms with E-state index in [9.17, 15) is 18.0 Å². The van der Waals surface area contributed by atoms with Crippen LogP contribution in [0.1, 0.15) is 34.3 Å². The third kappa shape index (κ3) is 7.82. The summed E-state index contributed by atoms with van der Waals surface area (Å²) in [5, 5.41) is 19.1. The number of alkyl halides is 3. The lowest BCUT2D eigenvalue weighted by molar-refractivity contribution is -0.192. The Morgan fingerprint density at radius 2 is 1.68 bits per heavy atom. The second kappa shape index (κ2) is 12.7. The molecule has 0 bridgehead atoms. The predicted octanol–water partition coefficient (Wildman–Crippen LogP) is 5.72. The normalized spacial score (nSPS) is 13.1. The number of carbonyl (C=O) groups is 2. The summed E-state index contributed by atoms with van der Waals surface area (Å²) in [6, 6.07) is 22.8.